The fourth-order valence-corrected chi connectivity index (χ4v) is 4.00. The van der Waals surface area contributed by atoms with Crippen molar-refractivity contribution in [1.82, 2.24) is 0 Å². The first-order valence-corrected chi connectivity index (χ1v) is 8.06. The van der Waals surface area contributed by atoms with Crippen molar-refractivity contribution in [2.24, 2.45) is 5.73 Å². The summed E-state index contributed by atoms with van der Waals surface area (Å²) in [6.45, 7) is 5.10. The molecule has 1 aromatic rings. The van der Waals surface area contributed by atoms with E-state index in [1.165, 1.54) is 10.5 Å². The predicted molar refractivity (Wildman–Crippen MR) is 81.2 cm³/mol. The van der Waals surface area contributed by atoms with E-state index in [1.807, 2.05) is 11.8 Å². The van der Waals surface area contributed by atoms with Crippen molar-refractivity contribution >= 4 is 27.7 Å². The van der Waals surface area contributed by atoms with E-state index in [1.54, 1.807) is 0 Å². The smallest absolute Gasteiger partial charge is 0.0669 e. The minimum Gasteiger partial charge on any atom is -0.377 e. The van der Waals surface area contributed by atoms with Gasteiger partial charge < -0.3 is 10.5 Å². The van der Waals surface area contributed by atoms with Gasteiger partial charge in [0.1, 0.15) is 0 Å². The zero-order chi connectivity index (χ0) is 13.1. The molecule has 0 aliphatic carbocycles. The van der Waals surface area contributed by atoms with Gasteiger partial charge in [0.05, 0.1) is 6.10 Å². The molecule has 2 nitrogen and oxygen atoms in total. The first kappa shape index (κ1) is 14.4. The zero-order valence-corrected chi connectivity index (χ0v) is 13.3. The monoisotopic (exact) mass is 329 g/mol. The van der Waals surface area contributed by atoms with E-state index in [2.05, 4.69) is 48.0 Å². The topological polar surface area (TPSA) is 35.2 Å². The molecule has 0 radical (unpaired) electrons. The number of hydrogen-bond donors (Lipinski definition) is 1. The Kier molecular flexibility index (Phi) is 5.13. The SMILES string of the molecule is CC(N)Cc1ccc(Br)cc1SC1CCOC1C. The number of halogens is 1. The van der Waals surface area contributed by atoms with E-state index in [4.69, 9.17) is 10.5 Å². The van der Waals surface area contributed by atoms with Crippen LogP contribution in [0.4, 0.5) is 0 Å². The highest BCUT2D eigenvalue weighted by Gasteiger charge is 2.26. The van der Waals surface area contributed by atoms with E-state index in [0.29, 0.717) is 11.4 Å². The van der Waals surface area contributed by atoms with E-state index >= 15 is 0 Å². The van der Waals surface area contributed by atoms with Crippen LogP contribution in [0.3, 0.4) is 0 Å². The Labute approximate surface area is 122 Å². The van der Waals surface area contributed by atoms with E-state index in [-0.39, 0.29) is 6.04 Å². The van der Waals surface area contributed by atoms with Crippen LogP contribution >= 0.6 is 27.7 Å². The molecule has 0 amide bonds. The third kappa shape index (κ3) is 3.73. The third-order valence-corrected chi connectivity index (χ3v) is 5.21. The molecule has 1 aliphatic heterocycles. The van der Waals surface area contributed by atoms with Gasteiger partial charge in [-0.3, -0.25) is 0 Å². The molecule has 0 bridgehead atoms. The van der Waals surface area contributed by atoms with Crippen molar-refractivity contribution in [3.8, 4) is 0 Å². The van der Waals surface area contributed by atoms with Gasteiger partial charge in [0, 0.05) is 27.3 Å². The standard InChI is InChI=1S/C14H20BrNOS/c1-9(16)7-11-3-4-12(15)8-14(11)18-13-5-6-17-10(13)2/h3-4,8-10,13H,5-7,16H2,1-2H3. The van der Waals surface area contributed by atoms with Gasteiger partial charge in [-0.1, -0.05) is 22.0 Å². The van der Waals surface area contributed by atoms with Gasteiger partial charge in [-0.25, -0.2) is 0 Å². The Bertz CT molecular complexity index is 411. The molecule has 18 heavy (non-hydrogen) atoms. The predicted octanol–water partition coefficient (Wildman–Crippen LogP) is 3.61. The summed E-state index contributed by atoms with van der Waals surface area (Å²) in [6.07, 6.45) is 2.41. The Morgan fingerprint density at radius 3 is 2.94 bits per heavy atom. The molecule has 2 rings (SSSR count). The Hall–Kier alpha value is -0.0300. The summed E-state index contributed by atoms with van der Waals surface area (Å²) in [5, 5.41) is 0.561. The Morgan fingerprint density at radius 2 is 2.33 bits per heavy atom. The second-order valence-electron chi connectivity index (χ2n) is 4.95. The fourth-order valence-electron chi connectivity index (χ4n) is 2.18. The van der Waals surface area contributed by atoms with Crippen LogP contribution < -0.4 is 5.73 Å². The lowest BCUT2D eigenvalue weighted by Gasteiger charge is -2.17. The number of nitrogens with two attached hydrogens (primary N) is 1. The molecule has 3 unspecified atom stereocenters. The van der Waals surface area contributed by atoms with Crippen LogP contribution in [-0.4, -0.2) is 24.0 Å². The van der Waals surface area contributed by atoms with Crippen LogP contribution in [-0.2, 0) is 11.2 Å². The van der Waals surface area contributed by atoms with Gasteiger partial charge >= 0.3 is 0 Å². The lowest BCUT2D eigenvalue weighted by atomic mass is 10.1. The summed E-state index contributed by atoms with van der Waals surface area (Å²) in [5.74, 6) is 0. The maximum atomic E-state index is 5.92. The molecule has 0 saturated carbocycles. The van der Waals surface area contributed by atoms with Gasteiger partial charge in [-0.2, -0.15) is 0 Å². The molecular weight excluding hydrogens is 310 g/mol. The van der Waals surface area contributed by atoms with Crippen molar-refractivity contribution in [2.45, 2.75) is 49.0 Å². The first-order chi connectivity index (χ1) is 8.56. The highest BCUT2D eigenvalue weighted by molar-refractivity contribution is 9.10. The minimum atomic E-state index is 0.197. The van der Waals surface area contributed by atoms with Crippen LogP contribution in [0.1, 0.15) is 25.8 Å². The molecule has 1 fully saturated rings. The average molecular weight is 330 g/mol. The Balaban J connectivity index is 2.16. The van der Waals surface area contributed by atoms with Crippen molar-refractivity contribution in [3.63, 3.8) is 0 Å². The zero-order valence-electron chi connectivity index (χ0n) is 10.9. The molecular formula is C14H20BrNOS. The van der Waals surface area contributed by atoms with Crippen LogP contribution in [0.25, 0.3) is 0 Å². The molecule has 1 saturated heterocycles. The fraction of sp³-hybridized carbons (Fsp3) is 0.571. The molecule has 0 spiro atoms. The summed E-state index contributed by atoms with van der Waals surface area (Å²) >= 11 is 5.48. The molecule has 4 heteroatoms. The maximum Gasteiger partial charge on any atom is 0.0669 e. The van der Waals surface area contributed by atoms with E-state index < -0.39 is 0 Å². The number of benzene rings is 1. The summed E-state index contributed by atoms with van der Waals surface area (Å²) in [4.78, 5) is 1.34. The lowest BCUT2D eigenvalue weighted by Crippen LogP contribution is -2.19. The molecule has 2 N–H and O–H groups in total. The lowest BCUT2D eigenvalue weighted by molar-refractivity contribution is 0.127. The highest BCUT2D eigenvalue weighted by atomic mass is 79.9. The van der Waals surface area contributed by atoms with Crippen molar-refractivity contribution in [3.05, 3.63) is 28.2 Å². The normalized spacial score (nSPS) is 25.3. The molecule has 1 aliphatic rings. The highest BCUT2D eigenvalue weighted by Crippen LogP contribution is 2.36. The van der Waals surface area contributed by atoms with Gasteiger partial charge in [-0.05, 0) is 44.4 Å². The largest absolute Gasteiger partial charge is 0.377 e. The first-order valence-electron chi connectivity index (χ1n) is 6.38. The van der Waals surface area contributed by atoms with Gasteiger partial charge in [-0.15, -0.1) is 11.8 Å². The number of hydrogen-bond acceptors (Lipinski definition) is 3. The number of thioether (sulfide) groups is 1. The van der Waals surface area contributed by atoms with Crippen molar-refractivity contribution < 1.29 is 4.74 Å². The van der Waals surface area contributed by atoms with Gasteiger partial charge in [0.25, 0.3) is 0 Å². The average Bonchev–Trinajstić information content (AvgIpc) is 2.68. The van der Waals surface area contributed by atoms with Crippen LogP contribution in [0, 0.1) is 0 Å². The maximum absolute atomic E-state index is 5.92. The van der Waals surface area contributed by atoms with E-state index in [9.17, 15) is 0 Å². The van der Waals surface area contributed by atoms with E-state index in [0.717, 1.165) is 23.9 Å². The van der Waals surface area contributed by atoms with Crippen LogP contribution in [0.2, 0.25) is 0 Å². The molecule has 3 atom stereocenters. The summed E-state index contributed by atoms with van der Waals surface area (Å²) in [6, 6.07) is 6.67. The van der Waals surface area contributed by atoms with Crippen molar-refractivity contribution in [2.75, 3.05) is 6.61 Å². The second-order valence-corrected chi connectivity index (χ2v) is 7.15. The molecule has 1 aromatic carbocycles. The third-order valence-electron chi connectivity index (χ3n) is 3.16. The number of ether oxygens (including phenoxy) is 1. The summed E-state index contributed by atoms with van der Waals surface area (Å²) in [5.41, 5.74) is 7.27. The van der Waals surface area contributed by atoms with Gasteiger partial charge in [0.2, 0.25) is 0 Å². The van der Waals surface area contributed by atoms with Crippen molar-refractivity contribution in [1.29, 1.82) is 0 Å². The Morgan fingerprint density at radius 1 is 1.56 bits per heavy atom. The summed E-state index contributed by atoms with van der Waals surface area (Å²) < 4.78 is 6.76. The summed E-state index contributed by atoms with van der Waals surface area (Å²) in [7, 11) is 0. The molecule has 100 valence electrons. The van der Waals surface area contributed by atoms with Crippen LogP contribution in [0.15, 0.2) is 27.6 Å². The van der Waals surface area contributed by atoms with Crippen LogP contribution in [0.5, 0.6) is 0 Å². The minimum absolute atomic E-state index is 0.197. The van der Waals surface area contributed by atoms with Gasteiger partial charge in [0.15, 0.2) is 0 Å². The quantitative estimate of drug-likeness (QED) is 0.916. The molecule has 0 aromatic heterocycles. The number of rotatable bonds is 4. The molecule has 1 heterocycles. The second kappa shape index (κ2) is 6.42.